The van der Waals surface area contributed by atoms with Crippen LogP contribution in [0.3, 0.4) is 0 Å². The largest absolute Gasteiger partial charge is 0.334 e. The van der Waals surface area contributed by atoms with E-state index < -0.39 is 10.8 Å². The van der Waals surface area contributed by atoms with Gasteiger partial charge in [0.2, 0.25) is 0 Å². The molecule has 3 rings (SSSR count). The molecule has 2 N–H and O–H groups in total. The Morgan fingerprint density at radius 2 is 1.67 bits per heavy atom. The van der Waals surface area contributed by atoms with Gasteiger partial charge in [0.1, 0.15) is 0 Å². The second-order valence-corrected chi connectivity index (χ2v) is 9.47. The molecule has 0 radical (unpaired) electrons. The van der Waals surface area contributed by atoms with Crippen LogP contribution in [0.15, 0.2) is 54.6 Å². The molecule has 0 aromatic heterocycles. The van der Waals surface area contributed by atoms with Gasteiger partial charge in [0.15, 0.2) is 0 Å². The molecule has 2 unspecified atom stereocenters. The first-order valence-corrected chi connectivity index (χ1v) is 11.9. The molecule has 2 amide bonds. The normalized spacial score (nSPS) is 17.3. The van der Waals surface area contributed by atoms with E-state index in [0.717, 1.165) is 43.9 Å². The number of carbonyl (C=O) groups is 1. The lowest BCUT2D eigenvalue weighted by molar-refractivity contribution is 0.145. The van der Waals surface area contributed by atoms with E-state index in [1.807, 2.05) is 61.5 Å². The molecule has 1 fully saturated rings. The summed E-state index contributed by atoms with van der Waals surface area (Å²) >= 11 is 0. The Kier molecular flexibility index (Phi) is 8.42. The molecule has 2 atom stereocenters. The molecule has 0 spiro atoms. The molecule has 0 aliphatic carbocycles. The lowest BCUT2D eigenvalue weighted by Gasteiger charge is -2.34. The van der Waals surface area contributed by atoms with E-state index in [1.165, 1.54) is 0 Å². The van der Waals surface area contributed by atoms with E-state index in [-0.39, 0.29) is 12.1 Å². The Labute approximate surface area is 182 Å². The van der Waals surface area contributed by atoms with Gasteiger partial charge in [-0.1, -0.05) is 42.5 Å². The highest BCUT2D eigenvalue weighted by Gasteiger charge is 2.17. The Morgan fingerprint density at radius 1 is 1.00 bits per heavy atom. The van der Waals surface area contributed by atoms with Crippen molar-refractivity contribution in [2.75, 3.05) is 45.1 Å². The third-order valence-electron chi connectivity index (χ3n) is 5.19. The van der Waals surface area contributed by atoms with Crippen LogP contribution in [0.4, 0.5) is 10.5 Å². The Bertz CT molecular complexity index is 838. The maximum absolute atomic E-state index is 12.5. The summed E-state index contributed by atoms with van der Waals surface area (Å²) in [4.78, 5) is 17.1. The molecule has 0 bridgehead atoms. The second kappa shape index (κ2) is 11.2. The summed E-state index contributed by atoms with van der Waals surface area (Å²) in [6, 6.07) is 17.3. The summed E-state index contributed by atoms with van der Waals surface area (Å²) in [5, 5.41) is 5.92. The molecule has 2 aromatic carbocycles. The van der Waals surface area contributed by atoms with E-state index >= 15 is 0 Å². The van der Waals surface area contributed by atoms with Gasteiger partial charge in [-0.2, -0.15) is 0 Å². The zero-order valence-electron chi connectivity index (χ0n) is 17.8. The summed E-state index contributed by atoms with van der Waals surface area (Å²) in [5.41, 5.74) is 2.74. The molecule has 0 saturated carbocycles. The zero-order valence-corrected chi connectivity index (χ0v) is 18.7. The van der Waals surface area contributed by atoms with Crippen LogP contribution in [-0.4, -0.2) is 65.9 Å². The van der Waals surface area contributed by atoms with Crippen molar-refractivity contribution in [3.05, 3.63) is 65.7 Å². The summed E-state index contributed by atoms with van der Waals surface area (Å²) < 4.78 is 12.5. The number of benzene rings is 2. The van der Waals surface area contributed by atoms with Gasteiger partial charge in [0, 0.05) is 66.8 Å². The highest BCUT2D eigenvalue weighted by Crippen LogP contribution is 2.14. The van der Waals surface area contributed by atoms with Gasteiger partial charge in [-0.3, -0.25) is 9.11 Å². The third kappa shape index (κ3) is 7.55. The smallest absolute Gasteiger partial charge is 0.319 e. The molecule has 2 aromatic rings. The minimum absolute atomic E-state index is 0.0648. The van der Waals surface area contributed by atoms with Crippen LogP contribution in [0.1, 0.15) is 18.1 Å². The fourth-order valence-electron chi connectivity index (χ4n) is 3.59. The van der Waals surface area contributed by atoms with Crippen molar-refractivity contribution in [1.29, 1.82) is 0 Å². The Morgan fingerprint density at radius 3 is 2.40 bits per heavy atom. The zero-order chi connectivity index (χ0) is 21.3. The predicted molar refractivity (Wildman–Crippen MR) is 124 cm³/mol. The maximum atomic E-state index is 12.5. The monoisotopic (exact) mass is 428 g/mol. The van der Waals surface area contributed by atoms with Crippen molar-refractivity contribution >= 4 is 22.5 Å². The average Bonchev–Trinajstić information content (AvgIpc) is 2.70. The molecular weight excluding hydrogens is 396 g/mol. The number of piperazine rings is 1. The summed E-state index contributed by atoms with van der Waals surface area (Å²) in [5.74, 6) is 0.995. The Hall–Kier alpha value is -2.22. The quantitative estimate of drug-likeness (QED) is 0.679. The number of hydrogen-bond acceptors (Lipinski definition) is 4. The van der Waals surface area contributed by atoms with Gasteiger partial charge >= 0.3 is 6.03 Å². The number of amides is 2. The van der Waals surface area contributed by atoms with Gasteiger partial charge in [-0.15, -0.1) is 0 Å². The van der Waals surface area contributed by atoms with E-state index in [1.54, 1.807) is 0 Å². The Balaban J connectivity index is 1.45. The van der Waals surface area contributed by atoms with E-state index in [4.69, 9.17) is 0 Å². The number of carbonyl (C=O) groups excluding carboxylic acids is 1. The lowest BCUT2D eigenvalue weighted by Crippen LogP contribution is -2.50. The van der Waals surface area contributed by atoms with Crippen molar-refractivity contribution in [3.8, 4) is 0 Å². The maximum Gasteiger partial charge on any atom is 0.319 e. The molecule has 162 valence electrons. The van der Waals surface area contributed by atoms with E-state index in [0.29, 0.717) is 17.2 Å². The van der Waals surface area contributed by atoms with Gasteiger partial charge in [-0.05, 0) is 37.2 Å². The standard InChI is InChI=1S/C23H32N4O2S/c1-19(16-27-13-11-26(2)12-14-27)24-23(28)25-22-10-6-9-21(15-22)18-30(29)17-20-7-4-3-5-8-20/h3-10,15,19H,11-14,16-18H2,1-2H3,(H2,24,25,28). The highest BCUT2D eigenvalue weighted by atomic mass is 32.2. The van der Waals surface area contributed by atoms with Crippen molar-refractivity contribution < 1.29 is 9.00 Å². The highest BCUT2D eigenvalue weighted by molar-refractivity contribution is 7.83. The van der Waals surface area contributed by atoms with Crippen molar-refractivity contribution in [2.24, 2.45) is 0 Å². The molecule has 1 heterocycles. The fraction of sp³-hybridized carbons (Fsp3) is 0.435. The van der Waals surface area contributed by atoms with Crippen molar-refractivity contribution in [3.63, 3.8) is 0 Å². The minimum Gasteiger partial charge on any atom is -0.334 e. The number of nitrogens with zero attached hydrogens (tertiary/aromatic N) is 2. The first kappa shape index (κ1) is 22.5. The summed E-state index contributed by atoms with van der Waals surface area (Å²) in [7, 11) is 1.14. The topological polar surface area (TPSA) is 64.7 Å². The number of likely N-dealkylation sites (N-methyl/N-ethyl adjacent to an activating group) is 1. The van der Waals surface area contributed by atoms with Crippen LogP contribution < -0.4 is 10.6 Å². The van der Waals surface area contributed by atoms with Crippen LogP contribution in [0, 0.1) is 0 Å². The lowest BCUT2D eigenvalue weighted by atomic mass is 10.2. The SMILES string of the molecule is CC(CN1CCN(C)CC1)NC(=O)Nc1cccc(CS(=O)Cc2ccccc2)c1. The first-order valence-electron chi connectivity index (χ1n) is 10.4. The van der Waals surface area contributed by atoms with Crippen molar-refractivity contribution in [2.45, 2.75) is 24.5 Å². The minimum atomic E-state index is -0.996. The average molecular weight is 429 g/mol. The van der Waals surface area contributed by atoms with Gasteiger partial charge in [0.25, 0.3) is 0 Å². The van der Waals surface area contributed by atoms with Crippen LogP contribution in [0.5, 0.6) is 0 Å². The van der Waals surface area contributed by atoms with E-state index in [9.17, 15) is 9.00 Å². The number of rotatable bonds is 8. The molecule has 1 saturated heterocycles. The van der Waals surface area contributed by atoms with Gasteiger partial charge in [0.05, 0.1) is 0 Å². The number of anilines is 1. The van der Waals surface area contributed by atoms with Gasteiger partial charge < -0.3 is 15.5 Å². The number of urea groups is 1. The molecular formula is C23H32N4O2S. The van der Waals surface area contributed by atoms with Crippen molar-refractivity contribution in [1.82, 2.24) is 15.1 Å². The summed E-state index contributed by atoms with van der Waals surface area (Å²) in [6.07, 6.45) is 0. The molecule has 30 heavy (non-hydrogen) atoms. The van der Waals surface area contributed by atoms with Gasteiger partial charge in [-0.25, -0.2) is 4.79 Å². The van der Waals surface area contributed by atoms with Crippen LogP contribution in [0.2, 0.25) is 0 Å². The first-order chi connectivity index (χ1) is 14.5. The summed E-state index contributed by atoms with van der Waals surface area (Å²) in [6.45, 7) is 7.08. The van der Waals surface area contributed by atoms with Crippen LogP contribution >= 0.6 is 0 Å². The fourth-order valence-corrected chi connectivity index (χ4v) is 4.81. The molecule has 1 aliphatic rings. The predicted octanol–water partition coefficient (Wildman–Crippen LogP) is 2.89. The van der Waals surface area contributed by atoms with Crippen LogP contribution in [0.25, 0.3) is 0 Å². The molecule has 7 heteroatoms. The number of hydrogen-bond donors (Lipinski definition) is 2. The molecule has 1 aliphatic heterocycles. The number of nitrogens with one attached hydrogen (secondary N) is 2. The molecule has 6 nitrogen and oxygen atoms in total. The second-order valence-electron chi connectivity index (χ2n) is 8.02. The van der Waals surface area contributed by atoms with Crippen LogP contribution in [-0.2, 0) is 22.3 Å². The van der Waals surface area contributed by atoms with E-state index in [2.05, 4.69) is 27.5 Å². The third-order valence-corrected chi connectivity index (χ3v) is 6.50.